The van der Waals surface area contributed by atoms with Crippen molar-refractivity contribution in [1.82, 2.24) is 0 Å². The monoisotopic (exact) mass is 234 g/mol. The number of benzene rings is 1. The highest BCUT2D eigenvalue weighted by atomic mass is 35.5. The van der Waals surface area contributed by atoms with E-state index in [2.05, 4.69) is 0 Å². The van der Waals surface area contributed by atoms with Gasteiger partial charge in [0.2, 0.25) is 0 Å². The quantitative estimate of drug-likeness (QED) is 0.594. The van der Waals surface area contributed by atoms with Crippen LogP contribution in [0.3, 0.4) is 0 Å². The van der Waals surface area contributed by atoms with Crippen molar-refractivity contribution in [2.75, 3.05) is 5.88 Å². The number of carbonyl (C=O) groups excluding carboxylic acids is 1. The first kappa shape index (κ1) is 11.9. The Morgan fingerprint density at radius 3 is 2.60 bits per heavy atom. The molecule has 0 amide bonds. The standard InChI is InChI=1S/C10H9ClF2O2/c1-6(14)15-10(5-11)7-2-3-8(12)9(13)4-7/h2-4,10H,5H2,1H3/t10-/m1/s1. The van der Waals surface area contributed by atoms with Crippen molar-refractivity contribution >= 4 is 17.6 Å². The van der Waals surface area contributed by atoms with Gasteiger partial charge in [-0.2, -0.15) is 0 Å². The first-order valence-corrected chi connectivity index (χ1v) is 4.76. The second-order valence-electron chi connectivity index (χ2n) is 2.93. The first-order chi connectivity index (χ1) is 7.04. The predicted octanol–water partition coefficient (Wildman–Crippen LogP) is 2.81. The molecule has 0 fully saturated rings. The van der Waals surface area contributed by atoms with Crippen LogP contribution in [0.2, 0.25) is 0 Å². The Balaban J connectivity index is 2.92. The Kier molecular flexibility index (Phi) is 4.03. The molecule has 1 aromatic rings. The van der Waals surface area contributed by atoms with Gasteiger partial charge >= 0.3 is 5.97 Å². The van der Waals surface area contributed by atoms with Crippen LogP contribution in [0.15, 0.2) is 18.2 Å². The molecule has 0 spiro atoms. The average molecular weight is 235 g/mol. The number of halogens is 3. The zero-order valence-corrected chi connectivity index (χ0v) is 8.72. The third kappa shape index (κ3) is 3.16. The van der Waals surface area contributed by atoms with Gasteiger partial charge in [-0.1, -0.05) is 6.07 Å². The van der Waals surface area contributed by atoms with Crippen LogP contribution < -0.4 is 0 Å². The maximum Gasteiger partial charge on any atom is 0.303 e. The first-order valence-electron chi connectivity index (χ1n) is 4.22. The van der Waals surface area contributed by atoms with Crippen LogP contribution in [0.4, 0.5) is 8.78 Å². The normalized spacial score (nSPS) is 12.3. The van der Waals surface area contributed by atoms with E-state index in [1.807, 2.05) is 0 Å². The number of alkyl halides is 1. The van der Waals surface area contributed by atoms with Gasteiger partial charge in [0, 0.05) is 6.92 Å². The Bertz CT molecular complexity index is 368. The van der Waals surface area contributed by atoms with Crippen molar-refractivity contribution in [3.8, 4) is 0 Å². The molecule has 0 aliphatic carbocycles. The molecule has 0 aliphatic rings. The summed E-state index contributed by atoms with van der Waals surface area (Å²) in [7, 11) is 0. The van der Waals surface area contributed by atoms with Gasteiger partial charge in [0.15, 0.2) is 11.6 Å². The molecule has 5 heteroatoms. The van der Waals surface area contributed by atoms with Crippen molar-refractivity contribution in [3.05, 3.63) is 35.4 Å². The molecule has 0 N–H and O–H groups in total. The SMILES string of the molecule is CC(=O)O[C@H](CCl)c1ccc(F)c(F)c1. The van der Waals surface area contributed by atoms with Crippen LogP contribution in [0, 0.1) is 11.6 Å². The summed E-state index contributed by atoms with van der Waals surface area (Å²) in [5.41, 5.74) is 0.333. The molecule has 0 aromatic heterocycles. The number of carbonyl (C=O) groups is 1. The minimum Gasteiger partial charge on any atom is -0.456 e. The van der Waals surface area contributed by atoms with Gasteiger partial charge in [-0.25, -0.2) is 8.78 Å². The highest BCUT2D eigenvalue weighted by molar-refractivity contribution is 6.18. The summed E-state index contributed by atoms with van der Waals surface area (Å²) >= 11 is 5.54. The summed E-state index contributed by atoms with van der Waals surface area (Å²) in [5, 5.41) is 0. The molecule has 2 nitrogen and oxygen atoms in total. The lowest BCUT2D eigenvalue weighted by Gasteiger charge is -2.14. The topological polar surface area (TPSA) is 26.3 Å². The van der Waals surface area contributed by atoms with Gasteiger partial charge in [0.1, 0.15) is 6.10 Å². The molecule has 1 rings (SSSR count). The molecule has 0 bridgehead atoms. The van der Waals surface area contributed by atoms with Gasteiger partial charge < -0.3 is 4.74 Å². The molecule has 1 atom stereocenters. The highest BCUT2D eigenvalue weighted by Crippen LogP contribution is 2.21. The minimum atomic E-state index is -0.991. The van der Waals surface area contributed by atoms with Gasteiger partial charge in [0.25, 0.3) is 0 Å². The molecule has 0 saturated carbocycles. The largest absolute Gasteiger partial charge is 0.456 e. The second-order valence-corrected chi connectivity index (χ2v) is 3.23. The smallest absolute Gasteiger partial charge is 0.303 e. The zero-order chi connectivity index (χ0) is 11.4. The van der Waals surface area contributed by atoms with E-state index >= 15 is 0 Å². The van der Waals surface area contributed by atoms with Gasteiger partial charge in [0.05, 0.1) is 5.88 Å². The number of hydrogen-bond donors (Lipinski definition) is 0. The number of rotatable bonds is 3. The van der Waals surface area contributed by atoms with Crippen LogP contribution >= 0.6 is 11.6 Å². The van der Waals surface area contributed by atoms with Crippen molar-refractivity contribution in [2.24, 2.45) is 0 Å². The lowest BCUT2D eigenvalue weighted by atomic mass is 10.1. The van der Waals surface area contributed by atoms with E-state index in [0.29, 0.717) is 5.56 Å². The van der Waals surface area contributed by atoms with Gasteiger partial charge in [-0.05, 0) is 17.7 Å². The summed E-state index contributed by atoms with van der Waals surface area (Å²) in [5.74, 6) is -2.47. The molecule has 0 saturated heterocycles. The third-order valence-electron chi connectivity index (χ3n) is 1.76. The second kappa shape index (κ2) is 5.07. The summed E-state index contributed by atoms with van der Waals surface area (Å²) < 4.78 is 30.3. The van der Waals surface area contributed by atoms with E-state index in [1.165, 1.54) is 13.0 Å². The van der Waals surface area contributed by atoms with Crippen LogP contribution in [0.25, 0.3) is 0 Å². The van der Waals surface area contributed by atoms with E-state index < -0.39 is 23.7 Å². The summed E-state index contributed by atoms with van der Waals surface area (Å²) in [6.45, 7) is 1.22. The fourth-order valence-electron chi connectivity index (χ4n) is 1.10. The number of hydrogen-bond acceptors (Lipinski definition) is 2. The van der Waals surface area contributed by atoms with Gasteiger partial charge in [-0.15, -0.1) is 11.6 Å². The Hall–Kier alpha value is -1.16. The zero-order valence-electron chi connectivity index (χ0n) is 7.97. The molecule has 82 valence electrons. The van der Waals surface area contributed by atoms with Crippen molar-refractivity contribution < 1.29 is 18.3 Å². The van der Waals surface area contributed by atoms with E-state index in [1.54, 1.807) is 0 Å². The van der Waals surface area contributed by atoms with Crippen molar-refractivity contribution in [2.45, 2.75) is 13.0 Å². The third-order valence-corrected chi connectivity index (χ3v) is 2.04. The summed E-state index contributed by atoms with van der Waals surface area (Å²) in [4.78, 5) is 10.7. The molecular formula is C10H9ClF2O2. The molecule has 0 aliphatic heterocycles. The molecule has 1 aromatic carbocycles. The Labute approximate surface area is 90.8 Å². The van der Waals surface area contributed by atoms with E-state index in [0.717, 1.165) is 12.1 Å². The van der Waals surface area contributed by atoms with E-state index in [-0.39, 0.29) is 5.88 Å². The summed E-state index contributed by atoms with van der Waals surface area (Å²) in [6.07, 6.45) is -0.751. The molecule has 0 heterocycles. The number of esters is 1. The van der Waals surface area contributed by atoms with E-state index in [9.17, 15) is 13.6 Å². The van der Waals surface area contributed by atoms with Crippen LogP contribution in [-0.4, -0.2) is 11.8 Å². The minimum absolute atomic E-state index is 0.00927. The van der Waals surface area contributed by atoms with Crippen molar-refractivity contribution in [1.29, 1.82) is 0 Å². The van der Waals surface area contributed by atoms with E-state index in [4.69, 9.17) is 16.3 Å². The fourth-order valence-corrected chi connectivity index (χ4v) is 1.34. The highest BCUT2D eigenvalue weighted by Gasteiger charge is 2.15. The molecule has 0 radical (unpaired) electrons. The maximum atomic E-state index is 12.9. The van der Waals surface area contributed by atoms with Gasteiger partial charge in [-0.3, -0.25) is 4.79 Å². The lowest BCUT2D eigenvalue weighted by molar-refractivity contribution is -0.145. The molecular weight excluding hydrogens is 226 g/mol. The molecule has 0 unspecified atom stereocenters. The Morgan fingerprint density at radius 2 is 2.13 bits per heavy atom. The average Bonchev–Trinajstić information content (AvgIpc) is 2.18. The molecule has 15 heavy (non-hydrogen) atoms. The van der Waals surface area contributed by atoms with Crippen molar-refractivity contribution in [3.63, 3.8) is 0 Å². The lowest BCUT2D eigenvalue weighted by Crippen LogP contribution is -2.10. The Morgan fingerprint density at radius 1 is 1.47 bits per heavy atom. The van der Waals surface area contributed by atoms with Crippen LogP contribution in [0.1, 0.15) is 18.6 Å². The fraction of sp³-hybridized carbons (Fsp3) is 0.300. The van der Waals surface area contributed by atoms with Crippen LogP contribution in [0.5, 0.6) is 0 Å². The number of ether oxygens (including phenoxy) is 1. The predicted molar refractivity (Wildman–Crippen MR) is 51.6 cm³/mol. The summed E-state index contributed by atoms with van der Waals surface area (Å²) in [6, 6.07) is 3.26. The van der Waals surface area contributed by atoms with Crippen LogP contribution in [-0.2, 0) is 9.53 Å². The maximum absolute atomic E-state index is 12.9.